The van der Waals surface area contributed by atoms with Crippen LogP contribution >= 0.6 is 0 Å². The normalized spacial score (nSPS) is 11.5. The fourth-order valence-electron chi connectivity index (χ4n) is 1.32. The van der Waals surface area contributed by atoms with Gasteiger partial charge in [0.2, 0.25) is 0 Å². The molecule has 0 aliphatic rings. The Morgan fingerprint density at radius 2 is 2.00 bits per heavy atom. The molecule has 0 unspecified atom stereocenters. The first-order valence-corrected chi connectivity index (χ1v) is 4.59. The SMILES string of the molecule is CCN(CC(F)(F)F)c1cccc(N)c1. The molecule has 0 atom stereocenters. The van der Waals surface area contributed by atoms with Gasteiger partial charge in [0, 0.05) is 17.9 Å². The summed E-state index contributed by atoms with van der Waals surface area (Å²) in [6.07, 6.45) is -4.19. The molecule has 0 saturated heterocycles. The maximum Gasteiger partial charge on any atom is 0.405 e. The van der Waals surface area contributed by atoms with E-state index in [0.717, 1.165) is 0 Å². The molecule has 0 heterocycles. The Morgan fingerprint density at radius 3 is 2.47 bits per heavy atom. The van der Waals surface area contributed by atoms with Crippen molar-refractivity contribution in [1.82, 2.24) is 0 Å². The van der Waals surface area contributed by atoms with Crippen LogP contribution in [0.5, 0.6) is 0 Å². The second-order valence-electron chi connectivity index (χ2n) is 3.22. The number of anilines is 2. The number of halogens is 3. The van der Waals surface area contributed by atoms with Crippen molar-refractivity contribution in [3.8, 4) is 0 Å². The van der Waals surface area contributed by atoms with E-state index in [1.165, 1.54) is 11.0 Å². The number of hydrogen-bond donors (Lipinski definition) is 1. The smallest absolute Gasteiger partial charge is 0.399 e. The number of hydrogen-bond acceptors (Lipinski definition) is 2. The lowest BCUT2D eigenvalue weighted by Crippen LogP contribution is -2.34. The van der Waals surface area contributed by atoms with E-state index in [9.17, 15) is 13.2 Å². The van der Waals surface area contributed by atoms with Gasteiger partial charge >= 0.3 is 6.18 Å². The van der Waals surface area contributed by atoms with Crippen molar-refractivity contribution in [2.75, 3.05) is 23.7 Å². The van der Waals surface area contributed by atoms with Gasteiger partial charge in [-0.25, -0.2) is 0 Å². The van der Waals surface area contributed by atoms with Gasteiger partial charge < -0.3 is 10.6 Å². The molecule has 1 rings (SSSR count). The van der Waals surface area contributed by atoms with Crippen LogP contribution in [0.3, 0.4) is 0 Å². The molecular weight excluding hydrogens is 205 g/mol. The highest BCUT2D eigenvalue weighted by atomic mass is 19.4. The molecule has 84 valence electrons. The lowest BCUT2D eigenvalue weighted by Gasteiger charge is -2.24. The van der Waals surface area contributed by atoms with Crippen LogP contribution in [0.2, 0.25) is 0 Å². The van der Waals surface area contributed by atoms with Crippen LogP contribution in [0.15, 0.2) is 24.3 Å². The second-order valence-corrected chi connectivity index (χ2v) is 3.22. The highest BCUT2D eigenvalue weighted by Gasteiger charge is 2.30. The Labute approximate surface area is 86.5 Å². The molecule has 0 aromatic heterocycles. The van der Waals surface area contributed by atoms with E-state index in [1.54, 1.807) is 25.1 Å². The van der Waals surface area contributed by atoms with Gasteiger partial charge in [0.15, 0.2) is 0 Å². The third-order valence-corrected chi connectivity index (χ3v) is 1.99. The summed E-state index contributed by atoms with van der Waals surface area (Å²) in [5, 5.41) is 0. The maximum atomic E-state index is 12.2. The fourth-order valence-corrected chi connectivity index (χ4v) is 1.32. The molecule has 0 bridgehead atoms. The van der Waals surface area contributed by atoms with Crippen molar-refractivity contribution in [3.63, 3.8) is 0 Å². The number of benzene rings is 1. The summed E-state index contributed by atoms with van der Waals surface area (Å²) in [6, 6.07) is 6.44. The van der Waals surface area contributed by atoms with Crippen LogP contribution in [0.1, 0.15) is 6.92 Å². The van der Waals surface area contributed by atoms with Crippen LogP contribution in [0.25, 0.3) is 0 Å². The van der Waals surface area contributed by atoms with Crippen LogP contribution in [-0.2, 0) is 0 Å². The zero-order valence-electron chi connectivity index (χ0n) is 8.38. The molecule has 0 aliphatic carbocycles. The van der Waals surface area contributed by atoms with Crippen molar-refractivity contribution in [2.45, 2.75) is 13.1 Å². The fraction of sp³-hybridized carbons (Fsp3) is 0.400. The highest BCUT2D eigenvalue weighted by molar-refractivity contribution is 5.55. The topological polar surface area (TPSA) is 29.3 Å². The molecule has 0 fully saturated rings. The first kappa shape index (κ1) is 11.7. The van der Waals surface area contributed by atoms with Gasteiger partial charge in [-0.3, -0.25) is 0 Å². The van der Waals surface area contributed by atoms with E-state index >= 15 is 0 Å². The van der Waals surface area contributed by atoms with Gasteiger partial charge in [0.25, 0.3) is 0 Å². The molecule has 0 saturated carbocycles. The van der Waals surface area contributed by atoms with Crippen LogP contribution in [-0.4, -0.2) is 19.3 Å². The van der Waals surface area contributed by atoms with E-state index in [4.69, 9.17) is 5.73 Å². The third kappa shape index (κ3) is 3.69. The second kappa shape index (κ2) is 4.42. The van der Waals surface area contributed by atoms with Gasteiger partial charge in [0.1, 0.15) is 6.54 Å². The van der Waals surface area contributed by atoms with Gasteiger partial charge in [0.05, 0.1) is 0 Å². The molecule has 0 amide bonds. The molecule has 5 heteroatoms. The average molecular weight is 218 g/mol. The minimum atomic E-state index is -4.19. The number of rotatable bonds is 3. The van der Waals surface area contributed by atoms with Crippen LogP contribution < -0.4 is 10.6 Å². The summed E-state index contributed by atoms with van der Waals surface area (Å²) in [5.41, 5.74) is 6.47. The van der Waals surface area contributed by atoms with E-state index in [2.05, 4.69) is 0 Å². The Bertz CT molecular complexity index is 323. The monoisotopic (exact) mass is 218 g/mol. The minimum absolute atomic E-state index is 0.295. The Kier molecular flexibility index (Phi) is 3.44. The standard InChI is InChI=1S/C10H13F3N2/c1-2-15(7-10(11,12)13)9-5-3-4-8(14)6-9/h3-6H,2,7,14H2,1H3. The van der Waals surface area contributed by atoms with Crippen molar-refractivity contribution in [1.29, 1.82) is 0 Å². The summed E-state index contributed by atoms with van der Waals surface area (Å²) < 4.78 is 36.6. The first-order valence-electron chi connectivity index (χ1n) is 4.59. The zero-order valence-corrected chi connectivity index (χ0v) is 8.38. The number of nitrogens with zero attached hydrogens (tertiary/aromatic N) is 1. The maximum absolute atomic E-state index is 12.2. The highest BCUT2D eigenvalue weighted by Crippen LogP contribution is 2.23. The molecule has 0 spiro atoms. The lowest BCUT2D eigenvalue weighted by molar-refractivity contribution is -0.119. The number of alkyl halides is 3. The predicted molar refractivity (Wildman–Crippen MR) is 54.8 cm³/mol. The summed E-state index contributed by atoms with van der Waals surface area (Å²) in [6.45, 7) is 1.02. The van der Waals surface area contributed by atoms with E-state index < -0.39 is 12.7 Å². The summed E-state index contributed by atoms with van der Waals surface area (Å²) in [4.78, 5) is 1.23. The number of nitrogens with two attached hydrogens (primary N) is 1. The van der Waals surface area contributed by atoms with Crippen molar-refractivity contribution in [3.05, 3.63) is 24.3 Å². The van der Waals surface area contributed by atoms with Gasteiger partial charge in [-0.2, -0.15) is 13.2 Å². The summed E-state index contributed by atoms with van der Waals surface area (Å²) in [7, 11) is 0. The van der Waals surface area contributed by atoms with Gasteiger partial charge in [-0.1, -0.05) is 6.07 Å². The molecule has 2 N–H and O–H groups in total. The van der Waals surface area contributed by atoms with E-state index in [-0.39, 0.29) is 0 Å². The largest absolute Gasteiger partial charge is 0.405 e. The van der Waals surface area contributed by atoms with Crippen LogP contribution in [0.4, 0.5) is 24.5 Å². The predicted octanol–water partition coefficient (Wildman–Crippen LogP) is 2.66. The average Bonchev–Trinajstić information content (AvgIpc) is 2.13. The quantitative estimate of drug-likeness (QED) is 0.790. The first-order chi connectivity index (χ1) is 6.92. The lowest BCUT2D eigenvalue weighted by atomic mass is 10.2. The molecule has 0 radical (unpaired) electrons. The molecular formula is C10H13F3N2. The molecule has 2 nitrogen and oxygen atoms in total. The number of nitrogen functional groups attached to an aromatic ring is 1. The summed E-state index contributed by atoms with van der Waals surface area (Å²) >= 11 is 0. The van der Waals surface area contributed by atoms with Crippen molar-refractivity contribution in [2.24, 2.45) is 0 Å². The van der Waals surface area contributed by atoms with Crippen molar-refractivity contribution >= 4 is 11.4 Å². The molecule has 15 heavy (non-hydrogen) atoms. The molecule has 0 aliphatic heterocycles. The Balaban J connectivity index is 2.83. The third-order valence-electron chi connectivity index (χ3n) is 1.99. The Morgan fingerprint density at radius 1 is 1.33 bits per heavy atom. The molecule has 1 aromatic rings. The van der Waals surface area contributed by atoms with Gasteiger partial charge in [-0.15, -0.1) is 0 Å². The van der Waals surface area contributed by atoms with Crippen LogP contribution in [0, 0.1) is 0 Å². The van der Waals surface area contributed by atoms with Crippen molar-refractivity contribution < 1.29 is 13.2 Å². The van der Waals surface area contributed by atoms with E-state index in [1.807, 2.05) is 0 Å². The zero-order chi connectivity index (χ0) is 11.5. The molecule has 1 aromatic carbocycles. The van der Waals surface area contributed by atoms with Gasteiger partial charge in [-0.05, 0) is 25.1 Å². The van der Waals surface area contributed by atoms with E-state index in [0.29, 0.717) is 17.9 Å². The Hall–Kier alpha value is -1.39. The minimum Gasteiger partial charge on any atom is -0.399 e. The summed E-state index contributed by atoms with van der Waals surface area (Å²) in [5.74, 6) is 0.